The monoisotopic (exact) mass is 331 g/mol. The average molecular weight is 332 g/mol. The lowest BCUT2D eigenvalue weighted by Gasteiger charge is -2.11. The molecule has 0 bridgehead atoms. The summed E-state index contributed by atoms with van der Waals surface area (Å²) in [6.45, 7) is 0.805. The van der Waals surface area contributed by atoms with Crippen LogP contribution in [0.25, 0.3) is 21.0 Å². The minimum Gasteiger partial charge on any atom is -0.870 e. The number of rotatable bonds is 1. The van der Waals surface area contributed by atoms with Crippen LogP contribution in [-0.4, -0.2) is 10.6 Å². The lowest BCUT2D eigenvalue weighted by Crippen LogP contribution is -2.37. The number of halogens is 1. The number of aromatic hydroxyl groups is 1. The van der Waals surface area contributed by atoms with Crippen molar-refractivity contribution in [3.8, 4) is 26.9 Å². The van der Waals surface area contributed by atoms with Crippen LogP contribution in [0.15, 0.2) is 48.5 Å². The molecule has 0 atom stereocenters. The molecule has 0 fully saturated rings. The maximum absolute atomic E-state index is 10.6. The van der Waals surface area contributed by atoms with Crippen LogP contribution in [-0.2, 0) is 13.0 Å². The van der Waals surface area contributed by atoms with Gasteiger partial charge in [0.2, 0.25) is 0 Å². The van der Waals surface area contributed by atoms with Gasteiger partial charge in [0.25, 0.3) is 5.01 Å². The Kier molecular flexibility index (Phi) is 3.91. The van der Waals surface area contributed by atoms with Gasteiger partial charge >= 0.3 is 5.88 Å². The third-order valence-corrected chi connectivity index (χ3v) is 5.34. The topological polar surface area (TPSA) is 54.1 Å². The highest BCUT2D eigenvalue weighted by Crippen LogP contribution is 2.41. The van der Waals surface area contributed by atoms with E-state index in [1.54, 1.807) is 11.3 Å². The highest BCUT2D eigenvalue weighted by Gasteiger charge is 2.32. The van der Waals surface area contributed by atoms with Gasteiger partial charge in [-0.1, -0.05) is 59.3 Å². The predicted molar refractivity (Wildman–Crippen MR) is 87.7 cm³/mol. The van der Waals surface area contributed by atoms with Crippen molar-refractivity contribution >= 4 is 22.9 Å². The van der Waals surface area contributed by atoms with E-state index in [9.17, 15) is 5.11 Å². The maximum Gasteiger partial charge on any atom is 0.385 e. The fraction of sp³-hybridized carbons (Fsp3) is 0.118. The molecule has 2 aromatic carbocycles. The molecule has 2 N–H and O–H groups in total. The first-order valence-corrected chi connectivity index (χ1v) is 8.03. The largest absolute Gasteiger partial charge is 0.870 e. The molecule has 0 aliphatic carbocycles. The summed E-state index contributed by atoms with van der Waals surface area (Å²) in [4.78, 5) is 0.915. The van der Waals surface area contributed by atoms with Crippen molar-refractivity contribution in [1.29, 1.82) is 0 Å². The van der Waals surface area contributed by atoms with E-state index in [-0.39, 0.29) is 5.48 Å². The Balaban J connectivity index is 0.00000144. The van der Waals surface area contributed by atoms with Gasteiger partial charge in [-0.15, -0.1) is 4.57 Å². The van der Waals surface area contributed by atoms with Gasteiger partial charge in [-0.25, -0.2) is 0 Å². The molecule has 0 amide bonds. The van der Waals surface area contributed by atoms with Crippen molar-refractivity contribution in [2.75, 3.05) is 0 Å². The Hall–Kier alpha value is -1.88. The van der Waals surface area contributed by atoms with Gasteiger partial charge in [-0.3, -0.25) is 0 Å². The number of hydrogen-bond acceptors (Lipinski definition) is 3. The molecule has 0 unspecified atom stereocenters. The molecule has 4 rings (SSSR count). The molecule has 0 spiro atoms. The smallest absolute Gasteiger partial charge is 0.385 e. The standard InChI is InChI=1S/C17H12ClNOS.H2O/c18-13-7-6-11-8-9-19-16(20)15(12-4-2-1-3-5-12)21-17(19)14(11)10-13;/h1-7,10H,8-9H2;1H2. The Morgan fingerprint density at radius 3 is 2.64 bits per heavy atom. The average Bonchev–Trinajstić information content (AvgIpc) is 2.86. The van der Waals surface area contributed by atoms with E-state index in [2.05, 4.69) is 6.07 Å². The normalized spacial score (nSPS) is 12.2. The number of hydrogen-bond donors (Lipinski definition) is 1. The van der Waals surface area contributed by atoms with E-state index in [1.165, 1.54) is 5.56 Å². The van der Waals surface area contributed by atoms with Crippen molar-refractivity contribution < 1.29 is 15.1 Å². The zero-order valence-electron chi connectivity index (χ0n) is 11.7. The molecular formula is C17H14ClNO2S. The first-order valence-electron chi connectivity index (χ1n) is 6.84. The summed E-state index contributed by atoms with van der Waals surface area (Å²) in [6.07, 6.45) is 0.919. The minimum absolute atomic E-state index is 0. The first-order chi connectivity index (χ1) is 10.2. The molecule has 112 valence electrons. The summed E-state index contributed by atoms with van der Waals surface area (Å²) < 4.78 is 1.99. The molecule has 1 aliphatic heterocycles. The zero-order valence-corrected chi connectivity index (χ0v) is 13.2. The SMILES string of the molecule is Oc1c(-c2ccccc2)sc2[n+]1CCc1ccc(Cl)cc1-2.[OH-]. The molecule has 3 nitrogen and oxygen atoms in total. The first kappa shape index (κ1) is 15.0. The molecular weight excluding hydrogens is 318 g/mol. The lowest BCUT2D eigenvalue weighted by molar-refractivity contribution is -0.688. The summed E-state index contributed by atoms with van der Waals surface area (Å²) in [5, 5.41) is 12.4. The van der Waals surface area contributed by atoms with E-state index in [0.29, 0.717) is 5.88 Å². The Labute approximate surface area is 137 Å². The van der Waals surface area contributed by atoms with Gasteiger partial charge in [0, 0.05) is 17.0 Å². The van der Waals surface area contributed by atoms with Crippen molar-refractivity contribution in [3.05, 3.63) is 59.1 Å². The zero-order chi connectivity index (χ0) is 14.4. The van der Waals surface area contributed by atoms with Crippen LogP contribution in [0.4, 0.5) is 0 Å². The summed E-state index contributed by atoms with van der Waals surface area (Å²) in [5.41, 5.74) is 3.47. The Morgan fingerprint density at radius 1 is 1.09 bits per heavy atom. The predicted octanol–water partition coefficient (Wildman–Crippen LogP) is 4.11. The Bertz CT molecular complexity index is 830. The Morgan fingerprint density at radius 2 is 1.86 bits per heavy atom. The van der Waals surface area contributed by atoms with E-state index in [4.69, 9.17) is 11.6 Å². The molecule has 2 heterocycles. The summed E-state index contributed by atoms with van der Waals surface area (Å²) in [5.74, 6) is 0.354. The van der Waals surface area contributed by atoms with Crippen LogP contribution in [0, 0.1) is 0 Å². The van der Waals surface area contributed by atoms with Gasteiger partial charge in [0.05, 0.1) is 5.56 Å². The van der Waals surface area contributed by atoms with Crippen LogP contribution in [0.3, 0.4) is 0 Å². The highest BCUT2D eigenvalue weighted by atomic mass is 35.5. The minimum atomic E-state index is 0. The van der Waals surface area contributed by atoms with Gasteiger partial charge in [0.15, 0.2) is 11.4 Å². The van der Waals surface area contributed by atoms with Crippen molar-refractivity contribution in [3.63, 3.8) is 0 Å². The van der Waals surface area contributed by atoms with Gasteiger partial charge < -0.3 is 10.6 Å². The van der Waals surface area contributed by atoms with Crippen molar-refractivity contribution in [2.45, 2.75) is 13.0 Å². The summed E-state index contributed by atoms with van der Waals surface area (Å²) >= 11 is 7.76. The van der Waals surface area contributed by atoms with Gasteiger partial charge in [-0.05, 0) is 17.7 Å². The molecule has 3 aromatic rings. The van der Waals surface area contributed by atoms with Gasteiger partial charge in [-0.2, -0.15) is 0 Å². The van der Waals surface area contributed by atoms with Gasteiger partial charge in [0.1, 0.15) is 0 Å². The number of benzene rings is 2. The molecule has 1 aromatic heterocycles. The number of nitrogens with zero attached hydrogens (tertiary/aromatic N) is 1. The fourth-order valence-electron chi connectivity index (χ4n) is 2.80. The molecule has 22 heavy (non-hydrogen) atoms. The third-order valence-electron chi connectivity index (χ3n) is 3.85. The van der Waals surface area contributed by atoms with E-state index >= 15 is 0 Å². The number of fused-ring (bicyclic) bond motifs is 3. The number of thiazole rings is 1. The van der Waals surface area contributed by atoms with Crippen LogP contribution in [0.5, 0.6) is 5.88 Å². The van der Waals surface area contributed by atoms with Crippen LogP contribution in [0.1, 0.15) is 5.56 Å². The van der Waals surface area contributed by atoms with Crippen LogP contribution < -0.4 is 4.57 Å². The molecule has 0 saturated carbocycles. The van der Waals surface area contributed by atoms with Crippen LogP contribution >= 0.6 is 22.9 Å². The second kappa shape index (κ2) is 5.72. The highest BCUT2D eigenvalue weighted by molar-refractivity contribution is 7.18. The molecule has 0 saturated heterocycles. The van der Waals surface area contributed by atoms with Crippen LogP contribution in [0.2, 0.25) is 5.02 Å². The second-order valence-electron chi connectivity index (χ2n) is 5.13. The molecule has 1 aliphatic rings. The lowest BCUT2D eigenvalue weighted by atomic mass is 10.0. The summed E-state index contributed by atoms with van der Waals surface area (Å²) in [6, 6.07) is 16.0. The molecule has 0 radical (unpaired) electrons. The van der Waals surface area contributed by atoms with E-state index in [1.807, 2.05) is 47.0 Å². The maximum atomic E-state index is 10.6. The fourth-order valence-corrected chi connectivity index (χ4v) is 4.21. The molecule has 5 heteroatoms. The van der Waals surface area contributed by atoms with E-state index < -0.39 is 0 Å². The van der Waals surface area contributed by atoms with Crippen molar-refractivity contribution in [2.24, 2.45) is 0 Å². The van der Waals surface area contributed by atoms with E-state index in [0.717, 1.165) is 39.0 Å². The number of aryl methyl sites for hydroxylation is 1. The van der Waals surface area contributed by atoms with Crippen molar-refractivity contribution in [1.82, 2.24) is 0 Å². The number of aromatic nitrogens is 1. The second-order valence-corrected chi connectivity index (χ2v) is 6.56. The quantitative estimate of drug-likeness (QED) is 0.682. The summed E-state index contributed by atoms with van der Waals surface area (Å²) in [7, 11) is 0. The third kappa shape index (κ3) is 2.29.